The van der Waals surface area contributed by atoms with Crippen LogP contribution in [0.15, 0.2) is 6.07 Å². The van der Waals surface area contributed by atoms with E-state index in [4.69, 9.17) is 0 Å². The fraction of sp³-hybridized carbons (Fsp3) is 0.562. The van der Waals surface area contributed by atoms with Crippen LogP contribution in [0.5, 0.6) is 0 Å². The standard InChI is InChI=1S/C16H22N4O2/c1-9-7-12(13-10(2)19-20(4)14(13)17-9)15(22)18-16(3,8-21)11-5-6-11/h7,11,21H,5-6,8H2,1-4H3,(H,18,22). The molecule has 2 aromatic rings. The monoisotopic (exact) mass is 302 g/mol. The summed E-state index contributed by atoms with van der Waals surface area (Å²) in [5, 5.41) is 17.8. The van der Waals surface area contributed by atoms with Gasteiger partial charge in [0, 0.05) is 12.7 Å². The molecule has 2 heterocycles. The van der Waals surface area contributed by atoms with Crippen LogP contribution in [0.4, 0.5) is 0 Å². The molecule has 0 spiro atoms. The first-order chi connectivity index (χ1) is 10.4. The lowest BCUT2D eigenvalue weighted by atomic mass is 9.96. The Labute approximate surface area is 129 Å². The zero-order chi connectivity index (χ0) is 16.1. The lowest BCUT2D eigenvalue weighted by Crippen LogP contribution is -2.50. The minimum absolute atomic E-state index is 0.0529. The van der Waals surface area contributed by atoms with E-state index in [-0.39, 0.29) is 12.5 Å². The summed E-state index contributed by atoms with van der Waals surface area (Å²) in [6, 6.07) is 1.79. The SMILES string of the molecule is Cc1cc(C(=O)NC(C)(CO)C2CC2)c2c(C)nn(C)c2n1. The number of nitrogens with zero attached hydrogens (tertiary/aromatic N) is 3. The average Bonchev–Trinajstić information content (AvgIpc) is 3.27. The summed E-state index contributed by atoms with van der Waals surface area (Å²) in [5.41, 5.74) is 2.29. The Morgan fingerprint density at radius 2 is 2.18 bits per heavy atom. The van der Waals surface area contributed by atoms with Crippen molar-refractivity contribution in [2.75, 3.05) is 6.61 Å². The number of rotatable bonds is 4. The molecule has 1 fully saturated rings. The van der Waals surface area contributed by atoms with Gasteiger partial charge in [0.25, 0.3) is 5.91 Å². The number of pyridine rings is 1. The maximum atomic E-state index is 12.8. The van der Waals surface area contributed by atoms with E-state index >= 15 is 0 Å². The quantitative estimate of drug-likeness (QED) is 0.896. The highest BCUT2D eigenvalue weighted by Crippen LogP contribution is 2.39. The van der Waals surface area contributed by atoms with E-state index in [1.807, 2.05) is 27.8 Å². The highest BCUT2D eigenvalue weighted by Gasteiger charge is 2.42. The second kappa shape index (κ2) is 5.05. The number of carbonyl (C=O) groups is 1. The van der Waals surface area contributed by atoms with E-state index in [1.165, 1.54) is 0 Å². The van der Waals surface area contributed by atoms with Crippen molar-refractivity contribution in [1.29, 1.82) is 0 Å². The van der Waals surface area contributed by atoms with Gasteiger partial charge in [-0.15, -0.1) is 0 Å². The van der Waals surface area contributed by atoms with Crippen LogP contribution in [0.1, 0.15) is 41.5 Å². The Kier molecular flexibility index (Phi) is 3.44. The summed E-state index contributed by atoms with van der Waals surface area (Å²) in [7, 11) is 1.82. The van der Waals surface area contributed by atoms with Crippen molar-refractivity contribution in [3.8, 4) is 0 Å². The highest BCUT2D eigenvalue weighted by molar-refractivity contribution is 6.06. The van der Waals surface area contributed by atoms with Gasteiger partial charge in [0.15, 0.2) is 5.65 Å². The van der Waals surface area contributed by atoms with Gasteiger partial charge in [0.2, 0.25) is 0 Å². The van der Waals surface area contributed by atoms with Crippen LogP contribution in [0.3, 0.4) is 0 Å². The molecular weight excluding hydrogens is 280 g/mol. The molecule has 1 aliphatic carbocycles. The van der Waals surface area contributed by atoms with Gasteiger partial charge in [0.05, 0.1) is 28.8 Å². The zero-order valence-electron chi connectivity index (χ0n) is 13.5. The molecule has 0 bridgehead atoms. The van der Waals surface area contributed by atoms with Crippen LogP contribution in [-0.4, -0.2) is 37.9 Å². The Hall–Kier alpha value is -1.95. The summed E-state index contributed by atoms with van der Waals surface area (Å²) >= 11 is 0. The number of carbonyl (C=O) groups excluding carboxylic acids is 1. The number of hydrogen-bond acceptors (Lipinski definition) is 4. The molecule has 6 heteroatoms. The van der Waals surface area contributed by atoms with Gasteiger partial charge in [-0.2, -0.15) is 5.10 Å². The van der Waals surface area contributed by atoms with E-state index in [9.17, 15) is 9.90 Å². The first kappa shape index (κ1) is 15.0. The van der Waals surface area contributed by atoms with Crippen LogP contribution >= 0.6 is 0 Å². The van der Waals surface area contributed by atoms with Crippen molar-refractivity contribution in [3.05, 3.63) is 23.0 Å². The van der Waals surface area contributed by atoms with Gasteiger partial charge in [-0.25, -0.2) is 4.98 Å². The zero-order valence-corrected chi connectivity index (χ0v) is 13.5. The minimum atomic E-state index is -0.559. The summed E-state index contributed by atoms with van der Waals surface area (Å²) in [5.74, 6) is 0.185. The number of aliphatic hydroxyl groups excluding tert-OH is 1. The van der Waals surface area contributed by atoms with E-state index in [1.54, 1.807) is 10.7 Å². The topological polar surface area (TPSA) is 80.0 Å². The van der Waals surface area contributed by atoms with Gasteiger partial charge >= 0.3 is 0 Å². The molecule has 0 aliphatic heterocycles. The minimum Gasteiger partial charge on any atom is -0.394 e. The number of amides is 1. The number of hydrogen-bond donors (Lipinski definition) is 2. The molecule has 0 aromatic carbocycles. The van der Waals surface area contributed by atoms with Crippen LogP contribution < -0.4 is 5.32 Å². The molecule has 1 unspecified atom stereocenters. The van der Waals surface area contributed by atoms with Crippen molar-refractivity contribution in [2.45, 2.75) is 39.2 Å². The maximum Gasteiger partial charge on any atom is 0.252 e. The molecular formula is C16H22N4O2. The number of nitrogens with one attached hydrogen (secondary N) is 1. The van der Waals surface area contributed by atoms with Crippen molar-refractivity contribution in [3.63, 3.8) is 0 Å². The third kappa shape index (κ3) is 2.37. The molecule has 0 radical (unpaired) electrons. The van der Waals surface area contributed by atoms with Crippen molar-refractivity contribution < 1.29 is 9.90 Å². The lowest BCUT2D eigenvalue weighted by Gasteiger charge is -2.29. The summed E-state index contributed by atoms with van der Waals surface area (Å²) in [6.07, 6.45) is 2.10. The third-order valence-corrected chi connectivity index (χ3v) is 4.55. The van der Waals surface area contributed by atoms with E-state index in [0.717, 1.165) is 29.6 Å². The summed E-state index contributed by atoms with van der Waals surface area (Å²) < 4.78 is 1.70. The first-order valence-corrected chi connectivity index (χ1v) is 7.60. The molecule has 6 nitrogen and oxygen atoms in total. The first-order valence-electron chi connectivity index (χ1n) is 7.60. The number of fused-ring (bicyclic) bond motifs is 1. The van der Waals surface area contributed by atoms with Crippen molar-refractivity contribution >= 4 is 16.9 Å². The molecule has 2 N–H and O–H groups in total. The largest absolute Gasteiger partial charge is 0.394 e. The Balaban J connectivity index is 2.04. The molecule has 2 aromatic heterocycles. The van der Waals surface area contributed by atoms with Gasteiger partial charge in [-0.05, 0) is 45.6 Å². The van der Waals surface area contributed by atoms with E-state index < -0.39 is 5.54 Å². The predicted octanol–water partition coefficient (Wildman–Crippen LogP) is 1.48. The highest BCUT2D eigenvalue weighted by atomic mass is 16.3. The second-order valence-electron chi connectivity index (χ2n) is 6.52. The Morgan fingerprint density at radius 1 is 1.50 bits per heavy atom. The van der Waals surface area contributed by atoms with Gasteiger partial charge in [-0.1, -0.05) is 0 Å². The van der Waals surface area contributed by atoms with Gasteiger partial charge in [-0.3, -0.25) is 9.48 Å². The van der Waals surface area contributed by atoms with E-state index in [0.29, 0.717) is 17.1 Å². The second-order valence-corrected chi connectivity index (χ2v) is 6.52. The molecule has 1 saturated carbocycles. The van der Waals surface area contributed by atoms with Gasteiger partial charge in [0.1, 0.15) is 0 Å². The normalized spacial score (nSPS) is 17.5. The molecule has 0 saturated heterocycles. The van der Waals surface area contributed by atoms with Crippen LogP contribution in [0.25, 0.3) is 11.0 Å². The predicted molar refractivity (Wildman–Crippen MR) is 83.7 cm³/mol. The molecule has 1 aliphatic rings. The Morgan fingerprint density at radius 3 is 2.77 bits per heavy atom. The molecule has 1 amide bonds. The van der Waals surface area contributed by atoms with E-state index in [2.05, 4.69) is 15.4 Å². The summed E-state index contributed by atoms with van der Waals surface area (Å²) in [6.45, 7) is 5.60. The summed E-state index contributed by atoms with van der Waals surface area (Å²) in [4.78, 5) is 17.3. The lowest BCUT2D eigenvalue weighted by molar-refractivity contribution is 0.0826. The van der Waals surface area contributed by atoms with Crippen LogP contribution in [-0.2, 0) is 7.05 Å². The van der Waals surface area contributed by atoms with Crippen molar-refractivity contribution in [1.82, 2.24) is 20.1 Å². The molecule has 118 valence electrons. The third-order valence-electron chi connectivity index (χ3n) is 4.55. The smallest absolute Gasteiger partial charge is 0.252 e. The Bertz CT molecular complexity index is 748. The number of aryl methyl sites for hydroxylation is 3. The molecule has 1 atom stereocenters. The fourth-order valence-corrected chi connectivity index (χ4v) is 3.07. The number of aliphatic hydroxyl groups is 1. The fourth-order valence-electron chi connectivity index (χ4n) is 3.07. The molecule has 3 rings (SSSR count). The average molecular weight is 302 g/mol. The maximum absolute atomic E-state index is 12.8. The van der Waals surface area contributed by atoms with Crippen molar-refractivity contribution in [2.24, 2.45) is 13.0 Å². The molecule has 22 heavy (non-hydrogen) atoms. The number of aromatic nitrogens is 3. The van der Waals surface area contributed by atoms with Gasteiger partial charge < -0.3 is 10.4 Å². The van der Waals surface area contributed by atoms with Crippen LogP contribution in [0.2, 0.25) is 0 Å². The van der Waals surface area contributed by atoms with Crippen LogP contribution in [0, 0.1) is 19.8 Å².